The summed E-state index contributed by atoms with van der Waals surface area (Å²) in [5.74, 6) is -0.450. The van der Waals surface area contributed by atoms with E-state index in [9.17, 15) is 26.4 Å². The molecule has 2 aromatic rings. The molecule has 0 heterocycles. The molecule has 1 atom stereocenters. The van der Waals surface area contributed by atoms with Crippen molar-refractivity contribution in [2.24, 2.45) is 0 Å². The van der Waals surface area contributed by atoms with Gasteiger partial charge in [0.25, 0.3) is 0 Å². The van der Waals surface area contributed by atoms with Crippen molar-refractivity contribution >= 4 is 27.3 Å². The molecule has 1 amide bonds. The fourth-order valence-electron chi connectivity index (χ4n) is 2.74. The Labute approximate surface area is 167 Å². The maximum absolute atomic E-state index is 12.7. The van der Waals surface area contributed by atoms with Crippen molar-refractivity contribution in [3.8, 4) is 5.75 Å². The molecule has 1 unspecified atom stereocenters. The summed E-state index contributed by atoms with van der Waals surface area (Å²) < 4.78 is 69.0. The number of nitrogens with zero attached hydrogens (tertiary/aromatic N) is 1. The summed E-state index contributed by atoms with van der Waals surface area (Å²) >= 11 is 0. The van der Waals surface area contributed by atoms with Gasteiger partial charge in [0.2, 0.25) is 15.9 Å². The van der Waals surface area contributed by atoms with E-state index in [-0.39, 0.29) is 17.1 Å². The smallest absolute Gasteiger partial charge is 0.416 e. The van der Waals surface area contributed by atoms with Crippen LogP contribution in [-0.4, -0.2) is 33.7 Å². The Morgan fingerprint density at radius 3 is 2.21 bits per heavy atom. The minimum Gasteiger partial charge on any atom is -0.495 e. The summed E-state index contributed by atoms with van der Waals surface area (Å²) in [4.78, 5) is 12.7. The van der Waals surface area contributed by atoms with E-state index in [0.29, 0.717) is 0 Å². The van der Waals surface area contributed by atoms with Crippen molar-refractivity contribution in [2.45, 2.75) is 26.1 Å². The molecule has 0 aliphatic heterocycles. The van der Waals surface area contributed by atoms with Crippen molar-refractivity contribution in [1.82, 2.24) is 0 Å². The molecule has 158 valence electrons. The van der Waals surface area contributed by atoms with Crippen LogP contribution in [0.15, 0.2) is 42.5 Å². The lowest BCUT2D eigenvalue weighted by molar-refractivity contribution is -0.137. The highest BCUT2D eigenvalue weighted by molar-refractivity contribution is 7.92. The number of rotatable bonds is 6. The molecule has 0 aromatic heterocycles. The van der Waals surface area contributed by atoms with Gasteiger partial charge < -0.3 is 10.1 Å². The quantitative estimate of drug-likeness (QED) is 0.756. The van der Waals surface area contributed by atoms with Crippen LogP contribution >= 0.6 is 0 Å². The Kier molecular flexibility index (Phi) is 6.46. The van der Waals surface area contributed by atoms with Crippen LogP contribution in [0.4, 0.5) is 24.5 Å². The summed E-state index contributed by atoms with van der Waals surface area (Å²) in [7, 11) is -2.51. The largest absolute Gasteiger partial charge is 0.495 e. The van der Waals surface area contributed by atoms with Crippen LogP contribution in [0.1, 0.15) is 18.1 Å². The van der Waals surface area contributed by atoms with Gasteiger partial charge in [0.05, 0.1) is 24.6 Å². The highest BCUT2D eigenvalue weighted by Crippen LogP contribution is 2.33. The van der Waals surface area contributed by atoms with Gasteiger partial charge in [-0.2, -0.15) is 13.2 Å². The van der Waals surface area contributed by atoms with Gasteiger partial charge >= 0.3 is 6.18 Å². The highest BCUT2D eigenvalue weighted by atomic mass is 32.2. The number of hydrogen-bond acceptors (Lipinski definition) is 4. The second-order valence-electron chi connectivity index (χ2n) is 6.47. The van der Waals surface area contributed by atoms with Gasteiger partial charge in [0.1, 0.15) is 11.8 Å². The highest BCUT2D eigenvalue weighted by Gasteiger charge is 2.32. The van der Waals surface area contributed by atoms with Crippen LogP contribution in [0.5, 0.6) is 5.75 Å². The second kappa shape index (κ2) is 8.32. The van der Waals surface area contributed by atoms with Gasteiger partial charge in [-0.1, -0.05) is 6.07 Å². The van der Waals surface area contributed by atoms with Gasteiger partial charge in [0, 0.05) is 5.69 Å². The molecule has 0 fully saturated rings. The Morgan fingerprint density at radius 2 is 1.72 bits per heavy atom. The van der Waals surface area contributed by atoms with E-state index in [1.807, 2.05) is 0 Å². The Bertz CT molecular complexity index is 990. The minimum atomic E-state index is -4.50. The molecule has 0 radical (unpaired) electrons. The average Bonchev–Trinajstić information content (AvgIpc) is 2.60. The van der Waals surface area contributed by atoms with Crippen LogP contribution in [-0.2, 0) is 21.0 Å². The Hall–Kier alpha value is -2.75. The number of hydrogen-bond donors (Lipinski definition) is 1. The number of carbonyl (C=O) groups is 1. The van der Waals surface area contributed by atoms with Gasteiger partial charge in [-0.25, -0.2) is 8.42 Å². The number of carbonyl (C=O) groups excluding carboxylic acids is 1. The van der Waals surface area contributed by atoms with Crippen molar-refractivity contribution < 1.29 is 31.1 Å². The summed E-state index contributed by atoms with van der Waals surface area (Å²) in [5.41, 5.74) is 0.195. The number of nitrogens with one attached hydrogen (secondary N) is 1. The molecule has 2 rings (SSSR count). The SMILES string of the molecule is COc1ccc(C)cc1N(C(C)C(=O)Nc1ccc(C(F)(F)F)cc1)S(C)(=O)=O. The van der Waals surface area contributed by atoms with Crippen LogP contribution in [0.2, 0.25) is 0 Å². The first-order valence-corrected chi connectivity index (χ1v) is 10.3. The molecule has 0 saturated carbocycles. The van der Waals surface area contributed by atoms with E-state index in [2.05, 4.69) is 5.32 Å². The third-order valence-corrected chi connectivity index (χ3v) is 5.37. The molecule has 29 heavy (non-hydrogen) atoms. The van der Waals surface area contributed by atoms with Crippen molar-refractivity contribution in [3.05, 3.63) is 53.6 Å². The lowest BCUT2D eigenvalue weighted by Crippen LogP contribution is -2.45. The molecule has 1 N–H and O–H groups in total. The molecule has 0 aliphatic carbocycles. The lowest BCUT2D eigenvalue weighted by atomic mass is 10.1. The second-order valence-corrected chi connectivity index (χ2v) is 8.33. The van der Waals surface area contributed by atoms with Gasteiger partial charge in [-0.05, 0) is 55.8 Å². The molecule has 6 nitrogen and oxygen atoms in total. The van der Waals surface area contributed by atoms with Crippen LogP contribution in [0, 0.1) is 6.92 Å². The van der Waals surface area contributed by atoms with Crippen molar-refractivity contribution in [2.75, 3.05) is 23.0 Å². The zero-order chi connectivity index (χ0) is 22.0. The van der Waals surface area contributed by atoms with E-state index in [0.717, 1.165) is 40.4 Å². The van der Waals surface area contributed by atoms with Crippen LogP contribution < -0.4 is 14.4 Å². The average molecular weight is 430 g/mol. The maximum atomic E-state index is 12.7. The number of alkyl halides is 3. The van der Waals surface area contributed by atoms with Crippen LogP contribution in [0.3, 0.4) is 0 Å². The number of sulfonamides is 1. The molecular weight excluding hydrogens is 409 g/mol. The number of aryl methyl sites for hydroxylation is 1. The van der Waals surface area contributed by atoms with E-state index in [4.69, 9.17) is 4.74 Å². The monoisotopic (exact) mass is 430 g/mol. The Morgan fingerprint density at radius 1 is 1.14 bits per heavy atom. The number of anilines is 2. The molecule has 0 spiro atoms. The van der Waals surface area contributed by atoms with E-state index in [1.165, 1.54) is 14.0 Å². The fraction of sp³-hybridized carbons (Fsp3) is 0.316. The third kappa shape index (κ3) is 5.41. The van der Waals surface area contributed by atoms with E-state index < -0.39 is 33.7 Å². The van der Waals surface area contributed by atoms with Gasteiger partial charge in [-0.3, -0.25) is 9.10 Å². The predicted molar refractivity (Wildman–Crippen MR) is 105 cm³/mol. The summed E-state index contributed by atoms with van der Waals surface area (Å²) in [5, 5.41) is 2.44. The number of methoxy groups -OCH3 is 1. The predicted octanol–water partition coefficient (Wildman–Crippen LogP) is 3.82. The fourth-order valence-corrected chi connectivity index (χ4v) is 3.91. The molecule has 0 aliphatic rings. The minimum absolute atomic E-state index is 0.111. The summed E-state index contributed by atoms with van der Waals surface area (Å²) in [6.07, 6.45) is -3.54. The van der Waals surface area contributed by atoms with Gasteiger partial charge in [0.15, 0.2) is 0 Å². The molecule has 2 aromatic carbocycles. The molecule has 0 saturated heterocycles. The first kappa shape index (κ1) is 22.5. The zero-order valence-electron chi connectivity index (χ0n) is 16.2. The zero-order valence-corrected chi connectivity index (χ0v) is 17.1. The Balaban J connectivity index is 2.34. The molecule has 10 heteroatoms. The first-order chi connectivity index (χ1) is 13.3. The summed E-state index contributed by atoms with van der Waals surface area (Å²) in [6.45, 7) is 3.14. The van der Waals surface area contributed by atoms with Crippen LogP contribution in [0.25, 0.3) is 0 Å². The summed E-state index contributed by atoms with van der Waals surface area (Å²) in [6, 6.07) is 7.57. The topological polar surface area (TPSA) is 75.7 Å². The number of ether oxygens (including phenoxy) is 1. The molecular formula is C19H21F3N2O4S. The normalized spacial score (nSPS) is 12.9. The maximum Gasteiger partial charge on any atom is 0.416 e. The standard InChI is InChI=1S/C19H21F3N2O4S/c1-12-5-10-17(28-3)16(11-12)24(29(4,26)27)13(2)18(25)23-15-8-6-14(7-9-15)19(20,21)22/h5-11,13H,1-4H3,(H,23,25). The van der Waals surface area contributed by atoms with Gasteiger partial charge in [-0.15, -0.1) is 0 Å². The number of benzene rings is 2. The lowest BCUT2D eigenvalue weighted by Gasteiger charge is -2.29. The third-order valence-electron chi connectivity index (χ3n) is 4.14. The first-order valence-electron chi connectivity index (χ1n) is 8.46. The van der Waals surface area contributed by atoms with Crippen molar-refractivity contribution in [1.29, 1.82) is 0 Å². The number of amides is 1. The van der Waals surface area contributed by atoms with E-state index >= 15 is 0 Å². The van der Waals surface area contributed by atoms with E-state index in [1.54, 1.807) is 25.1 Å². The number of halogens is 3. The molecule has 0 bridgehead atoms. The van der Waals surface area contributed by atoms with Crippen molar-refractivity contribution in [3.63, 3.8) is 0 Å².